The Hall–Kier alpha value is -2.66. The van der Waals surface area contributed by atoms with Crippen LogP contribution >= 0.6 is 11.3 Å². The topological polar surface area (TPSA) is 57.6 Å². The Labute approximate surface area is 162 Å². The van der Waals surface area contributed by atoms with Gasteiger partial charge in [-0.25, -0.2) is 4.79 Å². The fourth-order valence-electron chi connectivity index (χ4n) is 3.80. The highest BCUT2D eigenvalue weighted by Gasteiger charge is 2.25. The summed E-state index contributed by atoms with van der Waals surface area (Å²) in [7, 11) is 0. The van der Waals surface area contributed by atoms with Gasteiger partial charge in [-0.2, -0.15) is 0 Å². The molecule has 1 aromatic heterocycles. The van der Waals surface area contributed by atoms with E-state index in [9.17, 15) is 14.7 Å². The molecule has 0 radical (unpaired) electrons. The van der Waals surface area contributed by atoms with Crippen LogP contribution in [0.1, 0.15) is 38.4 Å². The molecule has 0 spiro atoms. The van der Waals surface area contributed by atoms with Crippen molar-refractivity contribution >= 4 is 33.3 Å². The fourth-order valence-corrected chi connectivity index (χ4v) is 4.83. The van der Waals surface area contributed by atoms with Crippen molar-refractivity contribution < 1.29 is 14.7 Å². The highest BCUT2D eigenvalue weighted by Crippen LogP contribution is 2.29. The number of nitrogens with zero attached hydrogens (tertiary/aromatic N) is 1. The van der Waals surface area contributed by atoms with E-state index in [1.807, 2.05) is 47.4 Å². The molecular formula is C22H21NO3S. The molecule has 0 aliphatic carbocycles. The second kappa shape index (κ2) is 7.53. The van der Waals surface area contributed by atoms with E-state index in [1.165, 1.54) is 0 Å². The highest BCUT2D eigenvalue weighted by atomic mass is 32.1. The number of carbonyl (C=O) groups excluding carboxylic acids is 1. The lowest BCUT2D eigenvalue weighted by Gasteiger charge is -2.32. The van der Waals surface area contributed by atoms with E-state index in [-0.39, 0.29) is 5.91 Å². The highest BCUT2D eigenvalue weighted by molar-refractivity contribution is 7.20. The van der Waals surface area contributed by atoms with Crippen molar-refractivity contribution in [2.24, 2.45) is 5.92 Å². The zero-order valence-corrected chi connectivity index (χ0v) is 15.7. The van der Waals surface area contributed by atoms with Gasteiger partial charge in [0.15, 0.2) is 0 Å². The van der Waals surface area contributed by atoms with Gasteiger partial charge in [0.25, 0.3) is 5.91 Å². The molecule has 1 aliphatic heterocycles. The van der Waals surface area contributed by atoms with Gasteiger partial charge in [-0.1, -0.05) is 36.4 Å². The molecular weight excluding hydrogens is 358 g/mol. The van der Waals surface area contributed by atoms with Crippen molar-refractivity contribution in [1.29, 1.82) is 0 Å². The molecule has 0 atom stereocenters. The number of likely N-dealkylation sites (tertiary alicyclic amines) is 1. The maximum absolute atomic E-state index is 12.8. The Morgan fingerprint density at radius 3 is 2.48 bits per heavy atom. The molecule has 1 amide bonds. The first-order valence-corrected chi connectivity index (χ1v) is 10.0. The minimum atomic E-state index is -0.872. The van der Waals surface area contributed by atoms with Crippen LogP contribution in [0.5, 0.6) is 0 Å². The van der Waals surface area contributed by atoms with Gasteiger partial charge in [0.1, 0.15) is 0 Å². The van der Waals surface area contributed by atoms with Gasteiger partial charge in [0.05, 0.1) is 10.4 Å². The van der Waals surface area contributed by atoms with Crippen LogP contribution in [0.15, 0.2) is 54.6 Å². The monoisotopic (exact) mass is 379 g/mol. The van der Waals surface area contributed by atoms with E-state index in [4.69, 9.17) is 0 Å². The largest absolute Gasteiger partial charge is 0.478 e. The summed E-state index contributed by atoms with van der Waals surface area (Å²) < 4.78 is 1.14. The van der Waals surface area contributed by atoms with E-state index in [1.54, 1.807) is 23.5 Å². The van der Waals surface area contributed by atoms with Crippen molar-refractivity contribution in [2.75, 3.05) is 13.1 Å². The number of aromatic carboxylic acids is 1. The molecule has 138 valence electrons. The third-order valence-corrected chi connectivity index (χ3v) is 6.40. The summed E-state index contributed by atoms with van der Waals surface area (Å²) in [6.45, 7) is 1.46. The molecule has 0 saturated carbocycles. The van der Waals surface area contributed by atoms with Gasteiger partial charge >= 0.3 is 5.97 Å². The Morgan fingerprint density at radius 2 is 1.74 bits per heavy atom. The van der Waals surface area contributed by atoms with Crippen LogP contribution < -0.4 is 0 Å². The molecule has 5 heteroatoms. The van der Waals surface area contributed by atoms with Crippen LogP contribution in [0.25, 0.3) is 10.1 Å². The number of carboxylic acid groups (broad SMARTS) is 1. The summed E-state index contributed by atoms with van der Waals surface area (Å²) in [4.78, 5) is 27.0. The van der Waals surface area contributed by atoms with Crippen molar-refractivity contribution in [3.63, 3.8) is 0 Å². The van der Waals surface area contributed by atoms with Gasteiger partial charge < -0.3 is 10.0 Å². The van der Waals surface area contributed by atoms with Crippen LogP contribution in [0.2, 0.25) is 0 Å². The van der Waals surface area contributed by atoms with Crippen LogP contribution in [-0.4, -0.2) is 35.0 Å². The summed E-state index contributed by atoms with van der Waals surface area (Å²) >= 11 is 1.55. The Morgan fingerprint density at radius 1 is 1.04 bits per heavy atom. The predicted octanol–water partition coefficient (Wildman–Crippen LogP) is 4.69. The summed E-state index contributed by atoms with van der Waals surface area (Å²) in [5, 5.41) is 10.5. The van der Waals surface area contributed by atoms with Gasteiger partial charge in [-0.3, -0.25) is 4.79 Å². The average molecular weight is 379 g/mol. The minimum absolute atomic E-state index is 0.112. The lowest BCUT2D eigenvalue weighted by Crippen LogP contribution is -2.38. The Bertz CT molecular complexity index is 953. The van der Waals surface area contributed by atoms with Gasteiger partial charge in [-0.05, 0) is 54.3 Å². The molecule has 0 unspecified atom stereocenters. The SMILES string of the molecule is O=C(O)c1ccccc1CC1CCN(C(=O)c2cc3ccccc3s2)CC1. The van der Waals surface area contributed by atoms with Crippen molar-refractivity contribution in [2.45, 2.75) is 19.3 Å². The number of hydrogen-bond donors (Lipinski definition) is 1. The second-order valence-corrected chi connectivity index (χ2v) is 8.13. The second-order valence-electron chi connectivity index (χ2n) is 7.05. The van der Waals surface area contributed by atoms with E-state index in [2.05, 4.69) is 0 Å². The average Bonchev–Trinajstić information content (AvgIpc) is 3.12. The van der Waals surface area contributed by atoms with Gasteiger partial charge in [-0.15, -0.1) is 11.3 Å². The number of carboxylic acids is 1. The molecule has 1 fully saturated rings. The van der Waals surface area contributed by atoms with Gasteiger partial charge in [0.2, 0.25) is 0 Å². The molecule has 3 aromatic rings. The van der Waals surface area contributed by atoms with Crippen LogP contribution in [0.3, 0.4) is 0 Å². The van der Waals surface area contributed by atoms with Crippen molar-refractivity contribution in [1.82, 2.24) is 4.90 Å². The fraction of sp³-hybridized carbons (Fsp3) is 0.273. The minimum Gasteiger partial charge on any atom is -0.478 e. The van der Waals surface area contributed by atoms with E-state index < -0.39 is 5.97 Å². The van der Waals surface area contributed by atoms with Crippen LogP contribution in [-0.2, 0) is 6.42 Å². The van der Waals surface area contributed by atoms with E-state index in [0.717, 1.165) is 52.9 Å². The number of amides is 1. The Balaban J connectivity index is 1.40. The van der Waals surface area contributed by atoms with Crippen LogP contribution in [0.4, 0.5) is 0 Å². The van der Waals surface area contributed by atoms with E-state index >= 15 is 0 Å². The number of piperidine rings is 1. The molecule has 27 heavy (non-hydrogen) atoms. The maximum atomic E-state index is 12.8. The Kier molecular flexibility index (Phi) is 4.94. The first-order chi connectivity index (χ1) is 13.1. The summed E-state index contributed by atoms with van der Waals surface area (Å²) in [5.74, 6) is -0.347. The third kappa shape index (κ3) is 3.74. The number of carbonyl (C=O) groups is 2. The van der Waals surface area contributed by atoms with Crippen molar-refractivity contribution in [3.8, 4) is 0 Å². The summed E-state index contributed by atoms with van der Waals surface area (Å²) in [6, 6.07) is 17.3. The van der Waals surface area contributed by atoms with Gasteiger partial charge in [0, 0.05) is 17.8 Å². The molecule has 2 aromatic carbocycles. The molecule has 1 N–H and O–H groups in total. The van der Waals surface area contributed by atoms with Crippen LogP contribution in [0, 0.1) is 5.92 Å². The van der Waals surface area contributed by atoms with E-state index in [0.29, 0.717) is 11.5 Å². The molecule has 1 aliphatic rings. The lowest BCUT2D eigenvalue weighted by molar-refractivity contribution is 0.0694. The lowest BCUT2D eigenvalue weighted by atomic mass is 9.88. The standard InChI is InChI=1S/C22H21NO3S/c24-21(20-14-17-6-2-4-8-19(17)27-20)23-11-9-15(10-12-23)13-16-5-1-3-7-18(16)22(25)26/h1-8,14-15H,9-13H2,(H,25,26). The third-order valence-electron chi connectivity index (χ3n) is 5.29. The van der Waals surface area contributed by atoms with Crippen molar-refractivity contribution in [3.05, 3.63) is 70.6 Å². The summed E-state index contributed by atoms with van der Waals surface area (Å²) in [6.07, 6.45) is 2.57. The number of hydrogen-bond acceptors (Lipinski definition) is 3. The smallest absolute Gasteiger partial charge is 0.335 e. The number of benzene rings is 2. The molecule has 4 nitrogen and oxygen atoms in total. The molecule has 4 rings (SSSR count). The number of thiophene rings is 1. The molecule has 2 heterocycles. The predicted molar refractivity (Wildman–Crippen MR) is 108 cm³/mol. The normalized spacial score (nSPS) is 15.2. The summed E-state index contributed by atoms with van der Waals surface area (Å²) in [5.41, 5.74) is 1.28. The quantitative estimate of drug-likeness (QED) is 0.715. The first-order valence-electron chi connectivity index (χ1n) is 9.21. The molecule has 1 saturated heterocycles. The first kappa shape index (κ1) is 17.7. The number of fused-ring (bicyclic) bond motifs is 1. The maximum Gasteiger partial charge on any atom is 0.335 e. The molecule has 0 bridgehead atoms. The zero-order valence-electron chi connectivity index (χ0n) is 14.9. The number of rotatable bonds is 4. The zero-order chi connectivity index (χ0) is 18.8.